The van der Waals surface area contributed by atoms with E-state index in [9.17, 15) is 9.59 Å². The van der Waals surface area contributed by atoms with Crippen LogP contribution < -0.4 is 0 Å². The molecule has 2 unspecified atom stereocenters. The Labute approximate surface area is 141 Å². The van der Waals surface area contributed by atoms with Crippen molar-refractivity contribution in [3.63, 3.8) is 0 Å². The van der Waals surface area contributed by atoms with Gasteiger partial charge in [0, 0.05) is 19.9 Å². The van der Waals surface area contributed by atoms with Gasteiger partial charge in [0.25, 0.3) is 5.91 Å². The molecule has 0 N–H and O–H groups in total. The van der Waals surface area contributed by atoms with Gasteiger partial charge in [0.15, 0.2) is 17.3 Å². The van der Waals surface area contributed by atoms with Crippen LogP contribution in [-0.4, -0.2) is 23.1 Å². The van der Waals surface area contributed by atoms with Crippen molar-refractivity contribution in [2.45, 2.75) is 46.1 Å². The van der Waals surface area contributed by atoms with Crippen LogP contribution in [0.2, 0.25) is 0 Å². The first-order chi connectivity index (χ1) is 11.5. The van der Waals surface area contributed by atoms with Crippen LogP contribution in [0.1, 0.15) is 72.3 Å². The van der Waals surface area contributed by atoms with E-state index < -0.39 is 0 Å². The number of carbonyl (C=O) groups excluding carboxylic acids is 2. The average Bonchev–Trinajstić information content (AvgIpc) is 3.23. The molecule has 5 nitrogen and oxygen atoms in total. The number of Topliss-reactive ketones (excluding diaryl/α,β-unsaturated/α-hetero) is 1. The quantitative estimate of drug-likeness (QED) is 0.787. The highest BCUT2D eigenvalue weighted by molar-refractivity contribution is 5.95. The van der Waals surface area contributed by atoms with Gasteiger partial charge in [0.1, 0.15) is 11.5 Å². The molecule has 128 valence electrons. The Morgan fingerprint density at radius 2 is 1.92 bits per heavy atom. The minimum Gasteiger partial charge on any atom is -0.464 e. The molecule has 0 aromatic carbocycles. The molecule has 0 radical (unpaired) electrons. The van der Waals surface area contributed by atoms with Crippen LogP contribution >= 0.6 is 0 Å². The van der Waals surface area contributed by atoms with Crippen molar-refractivity contribution in [2.24, 2.45) is 5.92 Å². The molecule has 3 heterocycles. The monoisotopic (exact) mass is 329 g/mol. The molecule has 0 aliphatic carbocycles. The Bertz CT molecular complexity index is 742. The molecule has 0 bridgehead atoms. The van der Waals surface area contributed by atoms with Gasteiger partial charge >= 0.3 is 0 Å². The molecule has 0 spiro atoms. The van der Waals surface area contributed by atoms with Gasteiger partial charge in [-0.15, -0.1) is 0 Å². The van der Waals surface area contributed by atoms with Gasteiger partial charge in [0.05, 0.1) is 6.04 Å². The van der Waals surface area contributed by atoms with E-state index in [1.54, 1.807) is 17.0 Å². The van der Waals surface area contributed by atoms with Crippen LogP contribution in [0.15, 0.2) is 33.1 Å². The Kier molecular flexibility index (Phi) is 4.60. The first-order valence-electron chi connectivity index (χ1n) is 8.50. The Balaban J connectivity index is 1.87. The second-order valence-electron chi connectivity index (χ2n) is 6.52. The van der Waals surface area contributed by atoms with Crippen molar-refractivity contribution in [1.29, 1.82) is 0 Å². The molecule has 1 fully saturated rings. The fourth-order valence-corrected chi connectivity index (χ4v) is 3.20. The lowest BCUT2D eigenvalue weighted by Gasteiger charge is -2.37. The fourth-order valence-electron chi connectivity index (χ4n) is 3.20. The number of hydrogen-bond donors (Lipinski definition) is 0. The van der Waals surface area contributed by atoms with E-state index in [4.69, 9.17) is 8.83 Å². The van der Waals surface area contributed by atoms with Crippen molar-refractivity contribution >= 4 is 11.7 Å². The summed E-state index contributed by atoms with van der Waals surface area (Å²) in [6.45, 7) is 6.32. The van der Waals surface area contributed by atoms with E-state index in [0.29, 0.717) is 12.5 Å². The summed E-state index contributed by atoms with van der Waals surface area (Å²) in [5.41, 5.74) is 0. The standard InChI is InChI=1S/C19H23NO4/c1-4-14-5-6-17(23-14)15-11-12(2)9-10-20(15)19(22)18-8-7-16(24-18)13(3)21/h5-8,12,15H,4,9-11H2,1-3H3. The van der Waals surface area contributed by atoms with Gasteiger partial charge in [-0.05, 0) is 43.0 Å². The van der Waals surface area contributed by atoms with E-state index in [2.05, 4.69) is 6.92 Å². The lowest BCUT2D eigenvalue weighted by atomic mass is 9.91. The molecule has 3 rings (SSSR count). The molecule has 1 saturated heterocycles. The Hall–Kier alpha value is -2.30. The zero-order chi connectivity index (χ0) is 17.3. The molecule has 0 saturated carbocycles. The van der Waals surface area contributed by atoms with Crippen molar-refractivity contribution in [3.8, 4) is 0 Å². The van der Waals surface area contributed by atoms with E-state index >= 15 is 0 Å². The second kappa shape index (κ2) is 6.67. The number of rotatable bonds is 4. The molecule has 1 amide bonds. The molecular formula is C19H23NO4. The minimum atomic E-state index is -0.186. The third kappa shape index (κ3) is 3.16. The summed E-state index contributed by atoms with van der Waals surface area (Å²) < 4.78 is 11.3. The fraction of sp³-hybridized carbons (Fsp3) is 0.474. The molecule has 24 heavy (non-hydrogen) atoms. The van der Waals surface area contributed by atoms with Crippen molar-refractivity contribution in [2.75, 3.05) is 6.54 Å². The van der Waals surface area contributed by atoms with Crippen molar-refractivity contribution in [3.05, 3.63) is 47.3 Å². The Morgan fingerprint density at radius 3 is 2.54 bits per heavy atom. The average molecular weight is 329 g/mol. The normalized spacial score (nSPS) is 21.0. The molecule has 2 aromatic heterocycles. The number of carbonyl (C=O) groups is 2. The van der Waals surface area contributed by atoms with Crippen molar-refractivity contribution < 1.29 is 18.4 Å². The van der Waals surface area contributed by atoms with E-state index in [1.807, 2.05) is 19.1 Å². The highest BCUT2D eigenvalue weighted by Crippen LogP contribution is 2.36. The summed E-state index contributed by atoms with van der Waals surface area (Å²) in [6.07, 6.45) is 2.64. The number of nitrogens with zero attached hydrogens (tertiary/aromatic N) is 1. The maximum absolute atomic E-state index is 12.9. The molecule has 2 atom stereocenters. The predicted molar refractivity (Wildman–Crippen MR) is 89.0 cm³/mol. The summed E-state index contributed by atoms with van der Waals surface area (Å²) in [5, 5.41) is 0. The number of furan rings is 2. The predicted octanol–water partition coefficient (Wildman–Crippen LogP) is 4.25. The van der Waals surface area contributed by atoms with Gasteiger partial charge in [0.2, 0.25) is 0 Å². The molecule has 1 aliphatic heterocycles. The smallest absolute Gasteiger partial charge is 0.290 e. The zero-order valence-corrected chi connectivity index (χ0v) is 14.4. The third-order valence-electron chi connectivity index (χ3n) is 4.65. The second-order valence-corrected chi connectivity index (χ2v) is 6.52. The van der Waals surface area contributed by atoms with Gasteiger partial charge in [-0.25, -0.2) is 0 Å². The van der Waals surface area contributed by atoms with Gasteiger partial charge in [-0.3, -0.25) is 9.59 Å². The van der Waals surface area contributed by atoms with E-state index in [1.165, 1.54) is 6.92 Å². The Morgan fingerprint density at radius 1 is 1.17 bits per heavy atom. The van der Waals surface area contributed by atoms with Crippen LogP contribution in [0.4, 0.5) is 0 Å². The lowest BCUT2D eigenvalue weighted by molar-refractivity contribution is 0.0486. The molecule has 5 heteroatoms. The van der Waals surface area contributed by atoms with Gasteiger partial charge in [-0.1, -0.05) is 13.8 Å². The van der Waals surface area contributed by atoms with Crippen molar-refractivity contribution in [1.82, 2.24) is 4.90 Å². The third-order valence-corrected chi connectivity index (χ3v) is 4.65. The maximum atomic E-state index is 12.9. The number of ketones is 1. The van der Waals surface area contributed by atoms with Crippen LogP contribution in [0.25, 0.3) is 0 Å². The van der Waals surface area contributed by atoms with Crippen LogP contribution in [0.3, 0.4) is 0 Å². The van der Waals surface area contributed by atoms with Crippen LogP contribution in [-0.2, 0) is 6.42 Å². The van der Waals surface area contributed by atoms with Gasteiger partial charge < -0.3 is 13.7 Å². The van der Waals surface area contributed by atoms with Crippen LogP contribution in [0, 0.1) is 5.92 Å². The summed E-state index contributed by atoms with van der Waals surface area (Å²) in [4.78, 5) is 26.1. The first kappa shape index (κ1) is 16.6. The number of likely N-dealkylation sites (tertiary alicyclic amines) is 1. The molecular weight excluding hydrogens is 306 g/mol. The van der Waals surface area contributed by atoms with E-state index in [0.717, 1.165) is 30.8 Å². The zero-order valence-electron chi connectivity index (χ0n) is 14.4. The molecule has 2 aromatic rings. The van der Waals surface area contributed by atoms with Crippen LogP contribution in [0.5, 0.6) is 0 Å². The highest BCUT2D eigenvalue weighted by atomic mass is 16.4. The highest BCUT2D eigenvalue weighted by Gasteiger charge is 2.34. The maximum Gasteiger partial charge on any atom is 0.290 e. The topological polar surface area (TPSA) is 63.7 Å². The lowest BCUT2D eigenvalue weighted by Crippen LogP contribution is -2.40. The number of amides is 1. The number of aryl methyl sites for hydroxylation is 1. The minimum absolute atomic E-state index is 0.0903. The summed E-state index contributed by atoms with van der Waals surface area (Å²) in [5.74, 6) is 2.33. The SMILES string of the molecule is CCc1ccc(C2CC(C)CCN2C(=O)c2ccc(C(C)=O)o2)o1. The molecule has 1 aliphatic rings. The number of hydrogen-bond acceptors (Lipinski definition) is 4. The largest absolute Gasteiger partial charge is 0.464 e. The summed E-state index contributed by atoms with van der Waals surface area (Å²) >= 11 is 0. The van der Waals surface area contributed by atoms with Gasteiger partial charge in [-0.2, -0.15) is 0 Å². The first-order valence-corrected chi connectivity index (χ1v) is 8.50. The summed E-state index contributed by atoms with van der Waals surface area (Å²) in [6, 6.07) is 6.98. The summed E-state index contributed by atoms with van der Waals surface area (Å²) in [7, 11) is 0. The van der Waals surface area contributed by atoms with E-state index in [-0.39, 0.29) is 29.3 Å². The number of piperidine rings is 1.